The van der Waals surface area contributed by atoms with Crippen LogP contribution in [0.5, 0.6) is 0 Å². The maximum Gasteiger partial charge on any atom is 0.250 e. The third-order valence-corrected chi connectivity index (χ3v) is 2.54. The molecular weight excluding hydrogens is 275 g/mol. The summed E-state index contributed by atoms with van der Waals surface area (Å²) in [7, 11) is 0. The molecule has 0 amide bonds. The molecule has 0 aliphatic rings. The van der Waals surface area contributed by atoms with Gasteiger partial charge in [-0.3, -0.25) is 0 Å². The Morgan fingerprint density at radius 2 is 1.90 bits per heavy atom. The normalized spacial score (nSPS) is 10.4. The largest absolute Gasteiger partial charge is 0.360 e. The van der Waals surface area contributed by atoms with E-state index in [2.05, 4.69) is 31.0 Å². The summed E-state index contributed by atoms with van der Waals surface area (Å²) in [6.07, 6.45) is 1.46. The summed E-state index contributed by atoms with van der Waals surface area (Å²) in [5, 5.41) is 17.3. The van der Waals surface area contributed by atoms with Crippen molar-refractivity contribution in [3.8, 4) is 0 Å². The Hall–Kier alpha value is -3.03. The number of nitrogens with zero attached hydrogens (tertiary/aromatic N) is 4. The lowest BCUT2D eigenvalue weighted by Gasteiger charge is -2.06. The van der Waals surface area contributed by atoms with Crippen LogP contribution in [0.3, 0.4) is 0 Å². The quantitative estimate of drug-likeness (QED) is 0.762. The fourth-order valence-electron chi connectivity index (χ4n) is 1.64. The van der Waals surface area contributed by atoms with Gasteiger partial charge in [0.1, 0.15) is 11.6 Å². The summed E-state index contributed by atoms with van der Waals surface area (Å²) in [6, 6.07) is 7.63. The highest BCUT2D eigenvalue weighted by atomic mass is 19.1. The molecular formula is C13H11FN6O. The van der Waals surface area contributed by atoms with Crippen LogP contribution in [0.4, 0.5) is 27.7 Å². The van der Waals surface area contributed by atoms with Gasteiger partial charge in [-0.2, -0.15) is 10.1 Å². The molecule has 0 unspecified atom stereocenters. The first kappa shape index (κ1) is 13.0. The van der Waals surface area contributed by atoms with Crippen molar-refractivity contribution in [1.82, 2.24) is 20.3 Å². The highest BCUT2D eigenvalue weighted by Crippen LogP contribution is 2.16. The number of aromatic nitrogens is 4. The molecule has 0 bridgehead atoms. The second-order valence-electron chi connectivity index (χ2n) is 4.24. The van der Waals surface area contributed by atoms with Crippen molar-refractivity contribution in [3.63, 3.8) is 0 Å². The highest BCUT2D eigenvalue weighted by molar-refractivity contribution is 5.57. The Labute approximate surface area is 119 Å². The molecule has 7 nitrogen and oxygen atoms in total. The molecule has 2 N–H and O–H groups in total. The van der Waals surface area contributed by atoms with E-state index in [1.165, 1.54) is 18.3 Å². The van der Waals surface area contributed by atoms with Crippen molar-refractivity contribution in [2.75, 3.05) is 10.6 Å². The predicted molar refractivity (Wildman–Crippen MR) is 74.0 cm³/mol. The van der Waals surface area contributed by atoms with Crippen molar-refractivity contribution >= 4 is 23.3 Å². The van der Waals surface area contributed by atoms with Gasteiger partial charge in [0.25, 0.3) is 0 Å². The molecule has 2 aromatic heterocycles. The van der Waals surface area contributed by atoms with Gasteiger partial charge in [0.15, 0.2) is 11.6 Å². The number of benzene rings is 1. The lowest BCUT2D eigenvalue weighted by Crippen LogP contribution is -2.02. The molecule has 3 aromatic rings. The summed E-state index contributed by atoms with van der Waals surface area (Å²) >= 11 is 0. The number of halogens is 1. The molecule has 0 saturated heterocycles. The molecule has 0 aliphatic carbocycles. The van der Waals surface area contributed by atoms with Crippen molar-refractivity contribution in [2.24, 2.45) is 0 Å². The summed E-state index contributed by atoms with van der Waals surface area (Å²) in [5.74, 6) is 1.61. The van der Waals surface area contributed by atoms with Gasteiger partial charge >= 0.3 is 0 Å². The molecule has 0 saturated carbocycles. The molecule has 2 heterocycles. The Kier molecular flexibility index (Phi) is 3.42. The van der Waals surface area contributed by atoms with E-state index in [1.54, 1.807) is 25.1 Å². The smallest absolute Gasteiger partial charge is 0.250 e. The number of rotatable bonds is 4. The second-order valence-corrected chi connectivity index (χ2v) is 4.24. The zero-order valence-electron chi connectivity index (χ0n) is 11.0. The Bertz CT molecular complexity index is 742. The van der Waals surface area contributed by atoms with Crippen molar-refractivity contribution in [3.05, 3.63) is 48.1 Å². The average molecular weight is 286 g/mol. The standard InChI is InChI=1S/C13H11FN6O/c1-8-6-11(20-21-8)17-13-18-12(7-15-19-13)16-10-4-2-9(14)3-5-10/h2-7H,1H3,(H2,16,17,18,19,20). The number of nitrogens with one attached hydrogen (secondary N) is 2. The monoisotopic (exact) mass is 286 g/mol. The molecule has 8 heteroatoms. The van der Waals surface area contributed by atoms with Gasteiger partial charge in [0.2, 0.25) is 5.95 Å². The lowest BCUT2D eigenvalue weighted by molar-refractivity contribution is 0.400. The molecule has 21 heavy (non-hydrogen) atoms. The topological polar surface area (TPSA) is 88.8 Å². The molecule has 106 valence electrons. The zero-order chi connectivity index (χ0) is 14.7. The Balaban J connectivity index is 1.75. The van der Waals surface area contributed by atoms with Crippen LogP contribution < -0.4 is 10.6 Å². The Morgan fingerprint density at radius 1 is 1.10 bits per heavy atom. The van der Waals surface area contributed by atoms with E-state index in [0.717, 1.165) is 0 Å². The van der Waals surface area contributed by atoms with Crippen LogP contribution in [0.15, 0.2) is 41.1 Å². The van der Waals surface area contributed by atoms with Crippen LogP contribution in [0.2, 0.25) is 0 Å². The van der Waals surface area contributed by atoms with Gasteiger partial charge in [-0.25, -0.2) is 4.39 Å². The van der Waals surface area contributed by atoms with Crippen LogP contribution in [-0.4, -0.2) is 20.3 Å². The maximum absolute atomic E-state index is 12.8. The second kappa shape index (κ2) is 5.53. The maximum atomic E-state index is 12.8. The Morgan fingerprint density at radius 3 is 2.62 bits per heavy atom. The summed E-state index contributed by atoms with van der Waals surface area (Å²) < 4.78 is 17.8. The van der Waals surface area contributed by atoms with Gasteiger partial charge in [-0.1, -0.05) is 5.16 Å². The minimum absolute atomic E-state index is 0.274. The third kappa shape index (κ3) is 3.30. The van der Waals surface area contributed by atoms with Crippen molar-refractivity contribution in [1.29, 1.82) is 0 Å². The van der Waals surface area contributed by atoms with E-state index in [-0.39, 0.29) is 11.8 Å². The van der Waals surface area contributed by atoms with Gasteiger partial charge in [0.05, 0.1) is 6.20 Å². The van der Waals surface area contributed by atoms with E-state index in [4.69, 9.17) is 4.52 Å². The van der Waals surface area contributed by atoms with Gasteiger partial charge in [-0.15, -0.1) is 5.10 Å². The molecule has 0 spiro atoms. The minimum atomic E-state index is -0.301. The molecule has 0 radical (unpaired) electrons. The van der Waals surface area contributed by atoms with E-state index in [1.807, 2.05) is 0 Å². The van der Waals surface area contributed by atoms with Crippen LogP contribution in [0.1, 0.15) is 5.76 Å². The van der Waals surface area contributed by atoms with Gasteiger partial charge in [-0.05, 0) is 31.2 Å². The average Bonchev–Trinajstić information content (AvgIpc) is 2.87. The van der Waals surface area contributed by atoms with E-state index in [9.17, 15) is 4.39 Å². The zero-order valence-corrected chi connectivity index (χ0v) is 11.0. The van der Waals surface area contributed by atoms with E-state index in [0.29, 0.717) is 23.1 Å². The van der Waals surface area contributed by atoms with Crippen LogP contribution in [0, 0.1) is 12.7 Å². The molecule has 0 fully saturated rings. The molecule has 3 rings (SSSR count). The van der Waals surface area contributed by atoms with Crippen molar-refractivity contribution < 1.29 is 8.91 Å². The van der Waals surface area contributed by atoms with E-state index >= 15 is 0 Å². The highest BCUT2D eigenvalue weighted by Gasteiger charge is 2.05. The van der Waals surface area contributed by atoms with E-state index < -0.39 is 0 Å². The van der Waals surface area contributed by atoms with Crippen LogP contribution >= 0.6 is 0 Å². The number of aryl methyl sites for hydroxylation is 1. The fraction of sp³-hybridized carbons (Fsp3) is 0.0769. The number of hydrogen-bond acceptors (Lipinski definition) is 7. The summed E-state index contributed by atoms with van der Waals surface area (Å²) in [5.41, 5.74) is 0.695. The van der Waals surface area contributed by atoms with Crippen LogP contribution in [-0.2, 0) is 0 Å². The first-order chi connectivity index (χ1) is 10.2. The van der Waals surface area contributed by atoms with Gasteiger partial charge < -0.3 is 15.2 Å². The number of anilines is 4. The van der Waals surface area contributed by atoms with Gasteiger partial charge in [0, 0.05) is 11.8 Å². The van der Waals surface area contributed by atoms with Crippen LogP contribution in [0.25, 0.3) is 0 Å². The SMILES string of the molecule is Cc1cc(Nc2nncc(Nc3ccc(F)cc3)n2)no1. The molecule has 1 aromatic carbocycles. The summed E-state index contributed by atoms with van der Waals surface area (Å²) in [6.45, 7) is 1.78. The minimum Gasteiger partial charge on any atom is -0.360 e. The third-order valence-electron chi connectivity index (χ3n) is 2.54. The number of hydrogen-bond donors (Lipinski definition) is 2. The summed E-state index contributed by atoms with van der Waals surface area (Å²) in [4.78, 5) is 4.22. The first-order valence-corrected chi connectivity index (χ1v) is 6.12. The lowest BCUT2D eigenvalue weighted by atomic mass is 10.3. The fourth-order valence-corrected chi connectivity index (χ4v) is 1.64. The first-order valence-electron chi connectivity index (χ1n) is 6.12. The predicted octanol–water partition coefficient (Wildman–Crippen LogP) is 2.79. The molecule has 0 atom stereocenters. The van der Waals surface area contributed by atoms with Crippen molar-refractivity contribution in [2.45, 2.75) is 6.92 Å². The molecule has 0 aliphatic heterocycles.